The number of carbonyl (C=O) groups is 2. The summed E-state index contributed by atoms with van der Waals surface area (Å²) in [6, 6.07) is 5.88. The van der Waals surface area contributed by atoms with E-state index < -0.39 is 0 Å². The van der Waals surface area contributed by atoms with Gasteiger partial charge in [-0.15, -0.1) is 0 Å². The van der Waals surface area contributed by atoms with Gasteiger partial charge in [0.2, 0.25) is 11.8 Å². The molecule has 1 saturated heterocycles. The zero-order valence-corrected chi connectivity index (χ0v) is 15.9. The number of benzene rings is 1. The normalized spacial score (nSPS) is 22.8. The van der Waals surface area contributed by atoms with Crippen LogP contribution in [0.5, 0.6) is 0 Å². The van der Waals surface area contributed by atoms with E-state index in [2.05, 4.69) is 15.7 Å². The molecule has 0 radical (unpaired) electrons. The van der Waals surface area contributed by atoms with Gasteiger partial charge in [-0.3, -0.25) is 14.3 Å². The molecule has 3 heterocycles. The Balaban J connectivity index is 1.46. The van der Waals surface area contributed by atoms with Gasteiger partial charge in [-0.05, 0) is 29.7 Å². The number of rotatable bonds is 4. The molecule has 0 spiro atoms. The summed E-state index contributed by atoms with van der Waals surface area (Å²) in [4.78, 5) is 26.5. The summed E-state index contributed by atoms with van der Waals surface area (Å²) in [5.74, 6) is 0.182. The molecule has 0 aliphatic carbocycles. The second-order valence-electron chi connectivity index (χ2n) is 7.57. The van der Waals surface area contributed by atoms with Crippen molar-refractivity contribution in [1.29, 1.82) is 0 Å². The second-order valence-corrected chi connectivity index (χ2v) is 7.57. The largest absolute Gasteiger partial charge is 0.349 e. The van der Waals surface area contributed by atoms with Crippen LogP contribution in [-0.2, 0) is 23.1 Å². The van der Waals surface area contributed by atoms with Crippen LogP contribution in [-0.4, -0.2) is 41.7 Å². The van der Waals surface area contributed by atoms with Crippen molar-refractivity contribution in [1.82, 2.24) is 20.4 Å². The number of likely N-dealkylation sites (N-methyl/N-ethyl adjacent to an activating group) is 1. The Morgan fingerprint density at radius 1 is 1.33 bits per heavy atom. The van der Waals surface area contributed by atoms with Crippen molar-refractivity contribution in [2.45, 2.75) is 25.3 Å². The Morgan fingerprint density at radius 2 is 2.15 bits per heavy atom. The first-order valence-corrected chi connectivity index (χ1v) is 9.33. The maximum atomic E-state index is 12.9. The number of hydrogen-bond donors (Lipinski definition) is 2. The van der Waals surface area contributed by atoms with E-state index in [9.17, 15) is 9.59 Å². The van der Waals surface area contributed by atoms with Crippen molar-refractivity contribution < 1.29 is 9.59 Å². The number of fused-ring (bicyclic) bond motifs is 1. The van der Waals surface area contributed by atoms with Crippen LogP contribution in [0.3, 0.4) is 0 Å². The minimum atomic E-state index is -0.112. The van der Waals surface area contributed by atoms with E-state index in [1.54, 1.807) is 16.6 Å². The first-order chi connectivity index (χ1) is 12.9. The highest BCUT2D eigenvalue weighted by Gasteiger charge is 2.35. The zero-order valence-electron chi connectivity index (χ0n) is 15.9. The fourth-order valence-electron chi connectivity index (χ4n) is 4.10. The number of aromatic nitrogens is 2. The topological polar surface area (TPSA) is 79.3 Å². The molecule has 2 amide bonds. The third-order valence-electron chi connectivity index (χ3n) is 5.74. The Bertz CT molecular complexity index is 890. The molecule has 0 bridgehead atoms. The van der Waals surface area contributed by atoms with Crippen LogP contribution in [0.25, 0.3) is 0 Å². The van der Waals surface area contributed by atoms with Gasteiger partial charge in [-0.25, -0.2) is 0 Å². The van der Waals surface area contributed by atoms with E-state index in [1.165, 1.54) is 0 Å². The van der Waals surface area contributed by atoms with E-state index in [1.807, 2.05) is 44.6 Å². The summed E-state index contributed by atoms with van der Waals surface area (Å²) < 4.78 is 1.77. The van der Waals surface area contributed by atoms with Crippen molar-refractivity contribution in [3.8, 4) is 0 Å². The molecule has 1 aromatic carbocycles. The molecule has 1 unspecified atom stereocenters. The SMILES string of the molecule is CC(NC(=O)[C@H]1CNC[C@@H]1c1cnn(C)c1)c1ccc2c(c1)CC(=O)N2C. The minimum absolute atomic E-state index is 0.0510. The van der Waals surface area contributed by atoms with Crippen LogP contribution in [0.4, 0.5) is 5.69 Å². The molecule has 3 atom stereocenters. The molecule has 4 rings (SSSR count). The van der Waals surface area contributed by atoms with Gasteiger partial charge in [0, 0.05) is 45.0 Å². The van der Waals surface area contributed by atoms with Gasteiger partial charge in [0.25, 0.3) is 0 Å². The van der Waals surface area contributed by atoms with Gasteiger partial charge in [0.05, 0.1) is 24.6 Å². The molecular formula is C20H25N5O2. The van der Waals surface area contributed by atoms with Gasteiger partial charge >= 0.3 is 0 Å². The maximum absolute atomic E-state index is 12.9. The van der Waals surface area contributed by atoms with E-state index >= 15 is 0 Å². The molecule has 2 aliphatic rings. The first kappa shape index (κ1) is 17.7. The van der Waals surface area contributed by atoms with E-state index in [0.717, 1.165) is 28.9 Å². The third-order valence-corrected chi connectivity index (χ3v) is 5.74. The Kier molecular flexibility index (Phi) is 4.47. The summed E-state index contributed by atoms with van der Waals surface area (Å²) in [6.07, 6.45) is 4.25. The smallest absolute Gasteiger partial charge is 0.231 e. The van der Waals surface area contributed by atoms with Crippen molar-refractivity contribution in [3.05, 3.63) is 47.3 Å². The van der Waals surface area contributed by atoms with Crippen LogP contribution >= 0.6 is 0 Å². The fourth-order valence-corrected chi connectivity index (χ4v) is 4.10. The van der Waals surface area contributed by atoms with Gasteiger partial charge < -0.3 is 15.5 Å². The lowest BCUT2D eigenvalue weighted by Gasteiger charge is -2.21. The number of nitrogens with one attached hydrogen (secondary N) is 2. The summed E-state index contributed by atoms with van der Waals surface area (Å²) >= 11 is 0. The van der Waals surface area contributed by atoms with Crippen LogP contribution in [0.1, 0.15) is 35.6 Å². The highest BCUT2D eigenvalue weighted by molar-refractivity contribution is 6.00. The predicted octanol–water partition coefficient (Wildman–Crippen LogP) is 1.12. The first-order valence-electron chi connectivity index (χ1n) is 9.33. The molecule has 1 fully saturated rings. The van der Waals surface area contributed by atoms with E-state index in [0.29, 0.717) is 13.0 Å². The third kappa shape index (κ3) is 3.23. The Morgan fingerprint density at radius 3 is 2.89 bits per heavy atom. The predicted molar refractivity (Wildman–Crippen MR) is 102 cm³/mol. The number of aryl methyl sites for hydroxylation is 1. The van der Waals surface area contributed by atoms with E-state index in [-0.39, 0.29) is 29.7 Å². The van der Waals surface area contributed by atoms with Gasteiger partial charge in [-0.1, -0.05) is 12.1 Å². The summed E-state index contributed by atoms with van der Waals surface area (Å²) in [7, 11) is 3.68. The summed E-state index contributed by atoms with van der Waals surface area (Å²) in [5, 5.41) is 10.7. The highest BCUT2D eigenvalue weighted by Crippen LogP contribution is 2.31. The molecule has 2 N–H and O–H groups in total. The number of amides is 2. The molecule has 1 aromatic heterocycles. The van der Waals surface area contributed by atoms with Crippen LogP contribution in [0.2, 0.25) is 0 Å². The average Bonchev–Trinajstić information content (AvgIpc) is 3.34. The fraction of sp³-hybridized carbons (Fsp3) is 0.450. The van der Waals surface area contributed by atoms with Crippen molar-refractivity contribution in [3.63, 3.8) is 0 Å². The summed E-state index contributed by atoms with van der Waals surface area (Å²) in [6.45, 7) is 3.44. The molecular weight excluding hydrogens is 342 g/mol. The zero-order chi connectivity index (χ0) is 19.1. The van der Waals surface area contributed by atoms with Gasteiger partial charge in [0.1, 0.15) is 0 Å². The van der Waals surface area contributed by atoms with Crippen molar-refractivity contribution >= 4 is 17.5 Å². The second kappa shape index (κ2) is 6.81. The van der Waals surface area contributed by atoms with Crippen LogP contribution < -0.4 is 15.5 Å². The van der Waals surface area contributed by atoms with Gasteiger partial charge in [0.15, 0.2) is 0 Å². The monoisotopic (exact) mass is 367 g/mol. The Labute approximate surface area is 158 Å². The van der Waals surface area contributed by atoms with Crippen molar-refractivity contribution in [2.75, 3.05) is 25.0 Å². The van der Waals surface area contributed by atoms with Gasteiger partial charge in [-0.2, -0.15) is 5.10 Å². The molecule has 2 aromatic rings. The number of anilines is 1. The average molecular weight is 367 g/mol. The quantitative estimate of drug-likeness (QED) is 0.849. The number of nitrogens with zero attached hydrogens (tertiary/aromatic N) is 3. The highest BCUT2D eigenvalue weighted by atomic mass is 16.2. The molecule has 27 heavy (non-hydrogen) atoms. The van der Waals surface area contributed by atoms with Crippen LogP contribution in [0, 0.1) is 5.92 Å². The summed E-state index contributed by atoms with van der Waals surface area (Å²) in [5.41, 5.74) is 4.10. The number of hydrogen-bond acceptors (Lipinski definition) is 4. The number of carbonyl (C=O) groups excluding carboxylic acids is 2. The minimum Gasteiger partial charge on any atom is -0.349 e. The van der Waals surface area contributed by atoms with E-state index in [4.69, 9.17) is 0 Å². The molecule has 2 aliphatic heterocycles. The lowest BCUT2D eigenvalue weighted by atomic mass is 9.90. The standard InChI is InChI=1S/C20H25N5O2/c1-12(13-4-5-18-14(6-13)7-19(26)25(18)3)23-20(27)17-10-21-9-16(17)15-8-22-24(2)11-15/h4-6,8,11-12,16-17,21H,7,9-10H2,1-3H3,(H,23,27)/t12?,16-,17+/m1/s1. The van der Waals surface area contributed by atoms with Crippen molar-refractivity contribution in [2.24, 2.45) is 13.0 Å². The Hall–Kier alpha value is -2.67. The lowest BCUT2D eigenvalue weighted by Crippen LogP contribution is -2.36. The molecule has 7 nitrogen and oxygen atoms in total. The molecule has 142 valence electrons. The maximum Gasteiger partial charge on any atom is 0.231 e. The lowest BCUT2D eigenvalue weighted by molar-refractivity contribution is -0.125. The van der Waals surface area contributed by atoms with Crippen LogP contribution in [0.15, 0.2) is 30.6 Å². The molecule has 7 heteroatoms. The molecule has 0 saturated carbocycles.